The Balaban J connectivity index is 1.45. The lowest BCUT2D eigenvalue weighted by atomic mass is 9.95. The molecule has 0 unspecified atom stereocenters. The molecule has 1 aliphatic carbocycles. The van der Waals surface area contributed by atoms with Crippen molar-refractivity contribution < 1.29 is 0 Å². The van der Waals surface area contributed by atoms with E-state index in [2.05, 4.69) is 94.2 Å². The van der Waals surface area contributed by atoms with E-state index in [0.717, 1.165) is 35.4 Å². The van der Waals surface area contributed by atoms with Crippen LogP contribution in [0.1, 0.15) is 61.9 Å². The lowest BCUT2D eigenvalue weighted by Crippen LogP contribution is -2.38. The SMILES string of the molecule is CC(C)(C)CNc1c(C#N)cnc2c(C#N)cc(N[C@H](C3=CN(C4CC4)NN3)c3cccc4c3CCN4)cc12. The zero-order valence-electron chi connectivity index (χ0n) is 22.5. The maximum atomic E-state index is 10.1. The molecule has 9 nitrogen and oxygen atoms in total. The number of nitrogens with zero attached hydrogens (tertiary/aromatic N) is 4. The third kappa shape index (κ3) is 4.89. The van der Waals surface area contributed by atoms with E-state index >= 15 is 0 Å². The van der Waals surface area contributed by atoms with Gasteiger partial charge in [-0.25, -0.2) is 0 Å². The van der Waals surface area contributed by atoms with Crippen molar-refractivity contribution in [2.75, 3.05) is 29.0 Å². The van der Waals surface area contributed by atoms with Gasteiger partial charge in [-0.15, -0.1) is 5.53 Å². The molecule has 3 aliphatic rings. The highest BCUT2D eigenvalue weighted by molar-refractivity contribution is 5.99. The lowest BCUT2D eigenvalue weighted by molar-refractivity contribution is 0.260. The summed E-state index contributed by atoms with van der Waals surface area (Å²) in [6, 6.07) is 15.2. The molecule has 1 fully saturated rings. The number of hydrogen-bond acceptors (Lipinski definition) is 9. The summed E-state index contributed by atoms with van der Waals surface area (Å²) in [5.41, 5.74) is 14.4. The standard InChI is InChI=1S/C30H33N9/c1-30(2,3)17-35-28-19(14-32)15-34-27-18(13-31)11-20(12-24(27)28)36-29(26-16-39(38-37-26)21-7-8-21)23-5-4-6-25-22(23)9-10-33-25/h4-6,11-12,15-16,21,29,33,36-38H,7-10,17H2,1-3H3,(H,34,35)/t29-/m0/s1. The summed E-state index contributed by atoms with van der Waals surface area (Å²) in [7, 11) is 0. The molecule has 1 saturated carbocycles. The van der Waals surface area contributed by atoms with Crippen LogP contribution in [0.4, 0.5) is 17.1 Å². The molecule has 3 aromatic rings. The van der Waals surface area contributed by atoms with Crippen molar-refractivity contribution >= 4 is 28.0 Å². The average Bonchev–Trinajstić information content (AvgIpc) is 3.45. The molecule has 1 atom stereocenters. The second-order valence-corrected chi connectivity index (χ2v) is 11.7. The summed E-state index contributed by atoms with van der Waals surface area (Å²) in [6.07, 6.45) is 7.00. The van der Waals surface area contributed by atoms with Gasteiger partial charge in [0.1, 0.15) is 12.1 Å². The van der Waals surface area contributed by atoms with Gasteiger partial charge in [-0.1, -0.05) is 32.9 Å². The lowest BCUT2D eigenvalue weighted by Gasteiger charge is -2.25. The van der Waals surface area contributed by atoms with Gasteiger partial charge in [-0.3, -0.25) is 9.99 Å². The normalized spacial score (nSPS) is 16.9. The van der Waals surface area contributed by atoms with Gasteiger partial charge in [0, 0.05) is 48.3 Å². The first kappa shape index (κ1) is 24.8. The highest BCUT2D eigenvalue weighted by Gasteiger charge is 2.33. The van der Waals surface area contributed by atoms with E-state index in [1.165, 1.54) is 24.0 Å². The van der Waals surface area contributed by atoms with Gasteiger partial charge in [-0.2, -0.15) is 10.5 Å². The van der Waals surface area contributed by atoms with E-state index in [-0.39, 0.29) is 11.5 Å². The van der Waals surface area contributed by atoms with Crippen molar-refractivity contribution in [3.8, 4) is 12.1 Å². The van der Waals surface area contributed by atoms with Gasteiger partial charge < -0.3 is 21.4 Å². The van der Waals surface area contributed by atoms with E-state index in [9.17, 15) is 10.5 Å². The minimum Gasteiger partial charge on any atom is -0.384 e. The molecule has 198 valence electrons. The first-order chi connectivity index (χ1) is 18.8. The number of aromatic nitrogens is 1. The molecule has 0 saturated heterocycles. The Morgan fingerprint density at radius 2 is 1.97 bits per heavy atom. The molecule has 1 aromatic heterocycles. The Hall–Kier alpha value is -4.47. The van der Waals surface area contributed by atoms with Gasteiger partial charge in [0.25, 0.3) is 0 Å². The van der Waals surface area contributed by atoms with Crippen LogP contribution in [0.3, 0.4) is 0 Å². The topological polar surface area (TPSA) is 124 Å². The summed E-state index contributed by atoms with van der Waals surface area (Å²) < 4.78 is 0. The Kier molecular flexibility index (Phi) is 6.17. The quantitative estimate of drug-likeness (QED) is 0.297. The van der Waals surface area contributed by atoms with Crippen molar-refractivity contribution in [3.05, 3.63) is 70.7 Å². The monoisotopic (exact) mass is 519 g/mol. The Morgan fingerprint density at radius 1 is 1.15 bits per heavy atom. The predicted molar refractivity (Wildman–Crippen MR) is 153 cm³/mol. The summed E-state index contributed by atoms with van der Waals surface area (Å²) in [6.45, 7) is 8.01. The fraction of sp³-hybridized carbons (Fsp3) is 0.367. The number of anilines is 3. The van der Waals surface area contributed by atoms with E-state index < -0.39 is 0 Å². The van der Waals surface area contributed by atoms with Crippen molar-refractivity contribution in [2.45, 2.75) is 52.1 Å². The summed E-state index contributed by atoms with van der Waals surface area (Å²) in [5, 5.41) is 33.5. The largest absolute Gasteiger partial charge is 0.384 e. The highest BCUT2D eigenvalue weighted by atomic mass is 15.7. The number of fused-ring (bicyclic) bond motifs is 2. The predicted octanol–water partition coefficient (Wildman–Crippen LogP) is 4.89. The fourth-order valence-electron chi connectivity index (χ4n) is 5.27. The van der Waals surface area contributed by atoms with Crippen LogP contribution in [0.25, 0.3) is 10.9 Å². The van der Waals surface area contributed by atoms with Crippen LogP contribution in [0.15, 0.2) is 48.4 Å². The molecule has 9 heteroatoms. The Bertz CT molecular complexity index is 1550. The second kappa shape index (κ2) is 9.68. The second-order valence-electron chi connectivity index (χ2n) is 11.7. The van der Waals surface area contributed by atoms with Crippen LogP contribution in [0.5, 0.6) is 0 Å². The number of hydrogen-bond donors (Lipinski definition) is 5. The zero-order chi connectivity index (χ0) is 27.1. The number of pyridine rings is 1. The maximum absolute atomic E-state index is 10.1. The molecule has 39 heavy (non-hydrogen) atoms. The minimum absolute atomic E-state index is 0.00407. The molecule has 0 radical (unpaired) electrons. The zero-order valence-corrected chi connectivity index (χ0v) is 22.5. The van der Waals surface area contributed by atoms with Crippen LogP contribution in [0.2, 0.25) is 0 Å². The molecule has 6 rings (SSSR count). The average molecular weight is 520 g/mol. The molecule has 0 spiro atoms. The number of hydrazine groups is 2. The number of rotatable bonds is 7. The Labute approximate surface area is 228 Å². The van der Waals surface area contributed by atoms with Gasteiger partial charge in [0.05, 0.1) is 34.1 Å². The molecular weight excluding hydrogens is 486 g/mol. The molecule has 2 aromatic carbocycles. The van der Waals surface area contributed by atoms with Crippen molar-refractivity contribution in [2.24, 2.45) is 5.41 Å². The maximum Gasteiger partial charge on any atom is 0.103 e. The van der Waals surface area contributed by atoms with Gasteiger partial charge in [0.15, 0.2) is 0 Å². The number of benzene rings is 2. The summed E-state index contributed by atoms with van der Waals surface area (Å²) in [5.74, 6) is 0. The third-order valence-electron chi connectivity index (χ3n) is 7.39. The third-order valence-corrected chi connectivity index (χ3v) is 7.39. The summed E-state index contributed by atoms with van der Waals surface area (Å²) in [4.78, 5) is 4.51. The van der Waals surface area contributed by atoms with Crippen LogP contribution in [-0.4, -0.2) is 29.1 Å². The molecule has 0 bridgehead atoms. The van der Waals surface area contributed by atoms with Crippen LogP contribution >= 0.6 is 0 Å². The van der Waals surface area contributed by atoms with Crippen LogP contribution < -0.4 is 26.9 Å². The molecular formula is C30H33N9. The van der Waals surface area contributed by atoms with Gasteiger partial charge in [-0.05, 0) is 54.0 Å². The molecule has 5 N–H and O–H groups in total. The highest BCUT2D eigenvalue weighted by Crippen LogP contribution is 2.38. The van der Waals surface area contributed by atoms with Crippen molar-refractivity contribution in [3.63, 3.8) is 0 Å². The first-order valence-electron chi connectivity index (χ1n) is 13.5. The molecule has 0 amide bonds. The molecule has 3 heterocycles. The summed E-state index contributed by atoms with van der Waals surface area (Å²) >= 11 is 0. The number of nitrogens with one attached hydrogen (secondary N) is 5. The first-order valence-corrected chi connectivity index (χ1v) is 13.5. The smallest absolute Gasteiger partial charge is 0.103 e. The molecule has 2 aliphatic heterocycles. The van der Waals surface area contributed by atoms with E-state index in [4.69, 9.17) is 0 Å². The Morgan fingerprint density at radius 3 is 2.72 bits per heavy atom. The van der Waals surface area contributed by atoms with Gasteiger partial charge in [0.2, 0.25) is 0 Å². The van der Waals surface area contributed by atoms with Crippen LogP contribution in [0, 0.1) is 28.1 Å². The van der Waals surface area contributed by atoms with Crippen molar-refractivity contribution in [1.29, 1.82) is 10.5 Å². The van der Waals surface area contributed by atoms with Gasteiger partial charge >= 0.3 is 0 Å². The van der Waals surface area contributed by atoms with E-state index in [0.29, 0.717) is 34.9 Å². The minimum atomic E-state index is -0.182. The van der Waals surface area contributed by atoms with Crippen molar-refractivity contribution in [1.82, 2.24) is 21.0 Å². The van der Waals surface area contributed by atoms with Crippen LogP contribution in [-0.2, 0) is 6.42 Å². The van der Waals surface area contributed by atoms with E-state index in [1.807, 2.05) is 12.1 Å². The number of nitriles is 2. The fourth-order valence-corrected chi connectivity index (χ4v) is 5.27. The van der Waals surface area contributed by atoms with E-state index in [1.54, 1.807) is 6.20 Å².